The highest BCUT2D eigenvalue weighted by molar-refractivity contribution is 6.43. The van der Waals surface area contributed by atoms with Crippen molar-refractivity contribution in [2.24, 2.45) is 0 Å². The predicted molar refractivity (Wildman–Crippen MR) is 94.5 cm³/mol. The van der Waals surface area contributed by atoms with Gasteiger partial charge in [0.25, 0.3) is 0 Å². The van der Waals surface area contributed by atoms with Crippen LogP contribution in [0.2, 0.25) is 10.0 Å². The van der Waals surface area contributed by atoms with Gasteiger partial charge in [-0.25, -0.2) is 0 Å². The lowest BCUT2D eigenvalue weighted by Gasteiger charge is -2.30. The molecule has 0 unspecified atom stereocenters. The van der Waals surface area contributed by atoms with Gasteiger partial charge in [-0.05, 0) is 12.1 Å². The van der Waals surface area contributed by atoms with Crippen molar-refractivity contribution >= 4 is 41.3 Å². The number of hydrogen-bond donors (Lipinski definition) is 3. The molecule has 2 aliphatic heterocycles. The monoisotopic (exact) mass is 352 g/mol. The number of nitrogens with zero attached hydrogens (tertiary/aromatic N) is 1. The van der Waals surface area contributed by atoms with Crippen molar-refractivity contribution in [2.75, 3.05) is 57.3 Å². The second-order valence-electron chi connectivity index (χ2n) is 4.81. The number of halogens is 3. The average Bonchev–Trinajstić information content (AvgIpc) is 2.53. The highest BCUT2D eigenvalue weighted by atomic mass is 35.5. The molecule has 21 heavy (non-hydrogen) atoms. The number of benzene rings is 1. The van der Waals surface area contributed by atoms with E-state index in [1.807, 2.05) is 18.2 Å². The van der Waals surface area contributed by atoms with Gasteiger partial charge < -0.3 is 20.9 Å². The minimum absolute atomic E-state index is 0. The maximum Gasteiger partial charge on any atom is 0.0825 e. The molecule has 1 aromatic carbocycles. The van der Waals surface area contributed by atoms with E-state index < -0.39 is 0 Å². The van der Waals surface area contributed by atoms with E-state index in [1.54, 1.807) is 0 Å². The molecule has 3 rings (SSSR count). The molecular weight excluding hydrogens is 331 g/mol. The average molecular weight is 354 g/mol. The zero-order valence-electron chi connectivity index (χ0n) is 12.0. The van der Waals surface area contributed by atoms with Gasteiger partial charge in [0, 0.05) is 52.4 Å². The molecule has 0 bridgehead atoms. The second-order valence-corrected chi connectivity index (χ2v) is 5.60. The molecule has 2 heterocycles. The molecule has 4 nitrogen and oxygen atoms in total. The zero-order valence-corrected chi connectivity index (χ0v) is 14.3. The third-order valence-electron chi connectivity index (χ3n) is 3.35. The first-order valence-corrected chi connectivity index (χ1v) is 7.86. The highest BCUT2D eigenvalue weighted by Crippen LogP contribution is 2.32. The molecule has 0 atom stereocenters. The Balaban J connectivity index is 0.000000267. The molecule has 0 aromatic heterocycles. The van der Waals surface area contributed by atoms with Crippen molar-refractivity contribution < 1.29 is 0 Å². The first-order chi connectivity index (χ1) is 9.79. The summed E-state index contributed by atoms with van der Waals surface area (Å²) in [4.78, 5) is 2.25. The van der Waals surface area contributed by atoms with E-state index in [4.69, 9.17) is 23.2 Å². The fourth-order valence-electron chi connectivity index (χ4n) is 2.25. The van der Waals surface area contributed by atoms with Crippen LogP contribution >= 0.6 is 35.6 Å². The molecule has 1 aromatic rings. The maximum atomic E-state index is 6.13. The molecule has 2 fully saturated rings. The Kier molecular flexibility index (Phi) is 9.40. The summed E-state index contributed by atoms with van der Waals surface area (Å²) < 4.78 is 0. The lowest BCUT2D eigenvalue weighted by Crippen LogP contribution is -2.43. The number of piperazine rings is 2. The van der Waals surface area contributed by atoms with E-state index in [1.165, 1.54) is 0 Å². The summed E-state index contributed by atoms with van der Waals surface area (Å²) in [5.41, 5.74) is 1.04. The van der Waals surface area contributed by atoms with Crippen LogP contribution in [-0.4, -0.2) is 52.4 Å². The van der Waals surface area contributed by atoms with E-state index in [0.717, 1.165) is 58.0 Å². The van der Waals surface area contributed by atoms with Gasteiger partial charge in [-0.1, -0.05) is 29.3 Å². The molecule has 0 radical (unpaired) electrons. The van der Waals surface area contributed by atoms with Crippen molar-refractivity contribution in [3.63, 3.8) is 0 Å². The fraction of sp³-hybridized carbons (Fsp3) is 0.571. The van der Waals surface area contributed by atoms with Crippen LogP contribution in [0.25, 0.3) is 0 Å². The largest absolute Gasteiger partial charge is 0.368 e. The number of hydrogen-bond acceptors (Lipinski definition) is 4. The minimum Gasteiger partial charge on any atom is -0.368 e. The van der Waals surface area contributed by atoms with Crippen LogP contribution in [-0.2, 0) is 0 Å². The number of anilines is 1. The Labute approximate surface area is 143 Å². The van der Waals surface area contributed by atoms with Crippen LogP contribution in [0.3, 0.4) is 0 Å². The molecule has 2 saturated heterocycles. The quantitative estimate of drug-likeness (QED) is 0.722. The smallest absolute Gasteiger partial charge is 0.0825 e. The van der Waals surface area contributed by atoms with Crippen LogP contribution in [0.15, 0.2) is 18.2 Å². The first-order valence-electron chi connectivity index (χ1n) is 7.10. The topological polar surface area (TPSA) is 39.3 Å². The van der Waals surface area contributed by atoms with Crippen molar-refractivity contribution in [1.82, 2.24) is 16.0 Å². The van der Waals surface area contributed by atoms with Crippen molar-refractivity contribution in [2.45, 2.75) is 0 Å². The Bertz CT molecular complexity index is 396. The zero-order chi connectivity index (χ0) is 14.2. The molecular formula is C14H23Cl3N4. The Morgan fingerprint density at radius 1 is 0.810 bits per heavy atom. The van der Waals surface area contributed by atoms with Gasteiger partial charge in [0.05, 0.1) is 15.7 Å². The molecule has 2 aliphatic rings. The van der Waals surface area contributed by atoms with Crippen LogP contribution in [0, 0.1) is 0 Å². The minimum atomic E-state index is 0. The first kappa shape index (κ1) is 18.8. The summed E-state index contributed by atoms with van der Waals surface area (Å²) in [6, 6.07) is 5.76. The number of rotatable bonds is 1. The Morgan fingerprint density at radius 2 is 1.33 bits per heavy atom. The van der Waals surface area contributed by atoms with E-state index in [-0.39, 0.29) is 12.4 Å². The summed E-state index contributed by atoms with van der Waals surface area (Å²) in [5, 5.41) is 11.0. The van der Waals surface area contributed by atoms with Crippen molar-refractivity contribution in [3.8, 4) is 0 Å². The van der Waals surface area contributed by atoms with E-state index >= 15 is 0 Å². The van der Waals surface area contributed by atoms with Gasteiger partial charge >= 0.3 is 0 Å². The highest BCUT2D eigenvalue weighted by Gasteiger charge is 2.14. The fourth-order valence-corrected chi connectivity index (χ4v) is 2.66. The van der Waals surface area contributed by atoms with Crippen LogP contribution in [0.5, 0.6) is 0 Å². The van der Waals surface area contributed by atoms with Gasteiger partial charge in [-0.3, -0.25) is 0 Å². The van der Waals surface area contributed by atoms with E-state index in [2.05, 4.69) is 20.9 Å². The summed E-state index contributed by atoms with van der Waals surface area (Å²) in [5.74, 6) is 0. The molecule has 0 saturated carbocycles. The third kappa shape index (κ3) is 6.19. The van der Waals surface area contributed by atoms with Gasteiger partial charge in [-0.15, -0.1) is 12.4 Å². The van der Waals surface area contributed by atoms with E-state index in [0.29, 0.717) is 10.0 Å². The second kappa shape index (κ2) is 10.5. The molecule has 0 amide bonds. The SMILES string of the molecule is C1CNCCN1.Cl.Clc1cccc(N2CCNCC2)c1Cl. The molecule has 7 heteroatoms. The van der Waals surface area contributed by atoms with Crippen LogP contribution in [0.4, 0.5) is 5.69 Å². The number of nitrogens with one attached hydrogen (secondary N) is 3. The van der Waals surface area contributed by atoms with Crippen molar-refractivity contribution in [1.29, 1.82) is 0 Å². The predicted octanol–water partition coefficient (Wildman–Crippen LogP) is 2.00. The molecule has 0 spiro atoms. The maximum absolute atomic E-state index is 6.13. The third-order valence-corrected chi connectivity index (χ3v) is 4.15. The lowest BCUT2D eigenvalue weighted by atomic mass is 10.2. The van der Waals surface area contributed by atoms with Gasteiger partial charge in [0.2, 0.25) is 0 Å². The lowest BCUT2D eigenvalue weighted by molar-refractivity contribution is 0.534. The normalized spacial score (nSPS) is 18.3. The van der Waals surface area contributed by atoms with Crippen molar-refractivity contribution in [3.05, 3.63) is 28.2 Å². The molecule has 3 N–H and O–H groups in total. The summed E-state index contributed by atoms with van der Waals surface area (Å²) >= 11 is 12.1. The summed E-state index contributed by atoms with van der Waals surface area (Å²) in [6.07, 6.45) is 0. The summed E-state index contributed by atoms with van der Waals surface area (Å²) in [6.45, 7) is 8.53. The Morgan fingerprint density at radius 3 is 1.86 bits per heavy atom. The van der Waals surface area contributed by atoms with E-state index in [9.17, 15) is 0 Å². The van der Waals surface area contributed by atoms with Gasteiger partial charge in [-0.2, -0.15) is 0 Å². The van der Waals surface area contributed by atoms with Gasteiger partial charge in [0.15, 0.2) is 0 Å². The van der Waals surface area contributed by atoms with Crippen LogP contribution in [0.1, 0.15) is 0 Å². The summed E-state index contributed by atoms with van der Waals surface area (Å²) in [7, 11) is 0. The standard InChI is InChI=1S/C10H12Cl2N2.C4H10N2.ClH/c11-8-2-1-3-9(10(8)12)14-6-4-13-5-7-14;1-2-6-4-3-5-1;/h1-3,13H,4-7H2;5-6H,1-4H2;1H. The van der Waals surface area contributed by atoms with Gasteiger partial charge in [0.1, 0.15) is 0 Å². The Hall–Kier alpha value is -0.230. The molecule has 120 valence electrons. The van der Waals surface area contributed by atoms with Crippen LogP contribution < -0.4 is 20.9 Å². The molecule has 0 aliphatic carbocycles.